The molecule has 1 aromatic carbocycles. The van der Waals surface area contributed by atoms with Crippen LogP contribution in [0, 0.1) is 0 Å². The third-order valence-electron chi connectivity index (χ3n) is 4.30. The van der Waals surface area contributed by atoms with Gasteiger partial charge in [0.25, 0.3) is 5.91 Å². The number of halogens is 2. The van der Waals surface area contributed by atoms with Crippen molar-refractivity contribution in [2.75, 3.05) is 31.1 Å². The van der Waals surface area contributed by atoms with Gasteiger partial charge in [0, 0.05) is 43.1 Å². The van der Waals surface area contributed by atoms with E-state index in [-0.39, 0.29) is 29.7 Å². The number of hydrogen-bond donors (Lipinski definition) is 2. The number of aromatic nitrogens is 1. The minimum atomic E-state index is -0.543. The molecule has 1 fully saturated rings. The van der Waals surface area contributed by atoms with Gasteiger partial charge in [-0.25, -0.2) is 4.99 Å². The Kier molecular flexibility index (Phi) is 7.66. The monoisotopic (exact) mass is 500 g/mol. The molecule has 0 saturated carbocycles. The molecule has 1 aliphatic rings. The second kappa shape index (κ2) is 9.75. The quantitative estimate of drug-likeness (QED) is 0.380. The Morgan fingerprint density at radius 3 is 2.30 bits per heavy atom. The Balaban J connectivity index is 0.00000261. The van der Waals surface area contributed by atoms with Gasteiger partial charge in [-0.3, -0.25) is 9.78 Å². The van der Waals surface area contributed by atoms with Gasteiger partial charge in [-0.15, -0.1) is 24.0 Å². The van der Waals surface area contributed by atoms with Crippen LogP contribution in [-0.4, -0.2) is 47.9 Å². The van der Waals surface area contributed by atoms with Crippen molar-refractivity contribution in [3.63, 3.8) is 0 Å². The largest absolute Gasteiger partial charge is 0.370 e. The molecule has 1 saturated heterocycles. The van der Waals surface area contributed by atoms with Crippen molar-refractivity contribution >= 4 is 53.1 Å². The van der Waals surface area contributed by atoms with Crippen molar-refractivity contribution < 1.29 is 4.79 Å². The molecule has 2 aromatic rings. The predicted octanol–water partition coefficient (Wildman–Crippen LogP) is 2.09. The highest BCUT2D eigenvalue weighted by atomic mass is 127. The van der Waals surface area contributed by atoms with E-state index in [4.69, 9.17) is 23.1 Å². The van der Waals surface area contributed by atoms with E-state index in [1.54, 1.807) is 18.3 Å². The maximum absolute atomic E-state index is 11.0. The van der Waals surface area contributed by atoms with Crippen LogP contribution in [0.1, 0.15) is 16.1 Å². The summed E-state index contributed by atoms with van der Waals surface area (Å²) in [7, 11) is 0. The number of benzene rings is 1. The third-order valence-corrected chi connectivity index (χ3v) is 4.55. The molecule has 1 aliphatic heterocycles. The van der Waals surface area contributed by atoms with Gasteiger partial charge >= 0.3 is 0 Å². The summed E-state index contributed by atoms with van der Waals surface area (Å²) in [5.41, 5.74) is 13.6. The number of hydrogen-bond acceptors (Lipinski definition) is 4. The highest BCUT2D eigenvalue weighted by Gasteiger charge is 2.18. The van der Waals surface area contributed by atoms with E-state index in [0.717, 1.165) is 42.5 Å². The minimum absolute atomic E-state index is 0. The number of guanidine groups is 1. The van der Waals surface area contributed by atoms with Gasteiger partial charge in [0.05, 0.1) is 6.54 Å². The SMILES string of the molecule is I.NC(=O)c1ccc(CN=C(N)N2CCN(c3ccc(Cl)cc3)CC2)cn1. The number of rotatable bonds is 4. The summed E-state index contributed by atoms with van der Waals surface area (Å²) in [6.45, 7) is 3.75. The topological polar surface area (TPSA) is 101 Å². The fourth-order valence-electron chi connectivity index (χ4n) is 2.78. The molecule has 7 nitrogen and oxygen atoms in total. The van der Waals surface area contributed by atoms with Crippen molar-refractivity contribution in [2.24, 2.45) is 16.5 Å². The zero-order chi connectivity index (χ0) is 18.5. The molecule has 0 atom stereocenters. The summed E-state index contributed by atoms with van der Waals surface area (Å²) in [6, 6.07) is 11.2. The number of anilines is 1. The van der Waals surface area contributed by atoms with E-state index in [0.29, 0.717) is 12.5 Å². The standard InChI is InChI=1S/C18H21ClN6O.HI/c19-14-2-4-15(5-3-14)24-7-9-25(10-8-24)18(21)23-12-13-1-6-16(17(20)26)22-11-13;/h1-6,11H,7-10,12H2,(H2,20,26)(H2,21,23);1H. The van der Waals surface area contributed by atoms with E-state index in [1.807, 2.05) is 24.3 Å². The zero-order valence-electron chi connectivity index (χ0n) is 14.7. The summed E-state index contributed by atoms with van der Waals surface area (Å²) < 4.78 is 0. The molecule has 0 radical (unpaired) electrons. The zero-order valence-corrected chi connectivity index (χ0v) is 17.8. The molecule has 0 spiro atoms. The number of primary amides is 1. The van der Waals surface area contributed by atoms with E-state index < -0.39 is 5.91 Å². The Morgan fingerprint density at radius 2 is 1.74 bits per heavy atom. The lowest BCUT2D eigenvalue weighted by atomic mass is 10.2. The molecule has 2 heterocycles. The molecule has 0 unspecified atom stereocenters. The first-order valence-electron chi connectivity index (χ1n) is 8.33. The number of pyridine rings is 1. The van der Waals surface area contributed by atoms with Gasteiger partial charge in [0.15, 0.2) is 5.96 Å². The van der Waals surface area contributed by atoms with Gasteiger partial charge in [-0.05, 0) is 35.9 Å². The molecule has 4 N–H and O–H groups in total. The predicted molar refractivity (Wildman–Crippen MR) is 119 cm³/mol. The molecule has 1 aromatic heterocycles. The number of carbonyl (C=O) groups is 1. The lowest BCUT2D eigenvalue weighted by Crippen LogP contribution is -2.51. The number of aliphatic imine (C=N–C) groups is 1. The van der Waals surface area contributed by atoms with Crippen LogP contribution in [0.4, 0.5) is 5.69 Å². The number of carbonyl (C=O) groups excluding carboxylic acids is 1. The van der Waals surface area contributed by atoms with E-state index >= 15 is 0 Å². The van der Waals surface area contributed by atoms with Gasteiger partial charge in [0.1, 0.15) is 5.69 Å². The molecule has 9 heteroatoms. The normalized spacial score (nSPS) is 14.6. The summed E-state index contributed by atoms with van der Waals surface area (Å²) in [4.78, 5) is 23.8. The van der Waals surface area contributed by atoms with Crippen LogP contribution >= 0.6 is 35.6 Å². The average molecular weight is 501 g/mol. The first-order valence-corrected chi connectivity index (χ1v) is 8.71. The van der Waals surface area contributed by atoms with Crippen LogP contribution in [0.2, 0.25) is 5.02 Å². The first-order chi connectivity index (χ1) is 12.5. The summed E-state index contributed by atoms with van der Waals surface area (Å²) in [5.74, 6) is -0.0298. The average Bonchev–Trinajstić information content (AvgIpc) is 2.67. The molecular formula is C18H22ClIN6O. The Labute approximate surface area is 180 Å². The van der Waals surface area contributed by atoms with Crippen LogP contribution in [0.5, 0.6) is 0 Å². The Bertz CT molecular complexity index is 789. The first kappa shape index (κ1) is 21.2. The lowest BCUT2D eigenvalue weighted by molar-refractivity contribution is 0.0995. The van der Waals surface area contributed by atoms with Crippen LogP contribution in [0.3, 0.4) is 0 Å². The van der Waals surface area contributed by atoms with E-state index in [2.05, 4.69) is 19.8 Å². The molecule has 144 valence electrons. The van der Waals surface area contributed by atoms with Crippen molar-refractivity contribution in [3.05, 3.63) is 58.9 Å². The fourth-order valence-corrected chi connectivity index (χ4v) is 2.91. The maximum Gasteiger partial charge on any atom is 0.267 e. The maximum atomic E-state index is 11.0. The molecular weight excluding hydrogens is 479 g/mol. The molecule has 0 aliphatic carbocycles. The third kappa shape index (κ3) is 5.70. The highest BCUT2D eigenvalue weighted by molar-refractivity contribution is 14.0. The summed E-state index contributed by atoms with van der Waals surface area (Å²) >= 11 is 5.94. The summed E-state index contributed by atoms with van der Waals surface area (Å²) in [6.07, 6.45) is 1.59. The number of nitrogens with two attached hydrogens (primary N) is 2. The smallest absolute Gasteiger partial charge is 0.267 e. The number of nitrogens with zero attached hydrogens (tertiary/aromatic N) is 4. The van der Waals surface area contributed by atoms with Crippen molar-refractivity contribution in [1.29, 1.82) is 0 Å². The fraction of sp³-hybridized carbons (Fsp3) is 0.278. The molecule has 27 heavy (non-hydrogen) atoms. The van der Waals surface area contributed by atoms with Gasteiger partial charge < -0.3 is 21.3 Å². The molecule has 3 rings (SSSR count). The van der Waals surface area contributed by atoms with E-state index in [1.165, 1.54) is 0 Å². The second-order valence-corrected chi connectivity index (χ2v) is 6.48. The Hall–Kier alpha value is -2.07. The van der Waals surface area contributed by atoms with Crippen LogP contribution in [0.15, 0.2) is 47.6 Å². The van der Waals surface area contributed by atoms with Crippen molar-refractivity contribution in [3.8, 4) is 0 Å². The molecule has 1 amide bonds. The minimum Gasteiger partial charge on any atom is -0.370 e. The van der Waals surface area contributed by atoms with Crippen molar-refractivity contribution in [1.82, 2.24) is 9.88 Å². The highest BCUT2D eigenvalue weighted by Crippen LogP contribution is 2.19. The summed E-state index contributed by atoms with van der Waals surface area (Å²) in [5, 5.41) is 0.738. The number of amides is 1. The van der Waals surface area contributed by atoms with Gasteiger partial charge in [-0.2, -0.15) is 0 Å². The number of piperazine rings is 1. The van der Waals surface area contributed by atoms with Gasteiger partial charge in [0.2, 0.25) is 0 Å². The Morgan fingerprint density at radius 1 is 1.07 bits per heavy atom. The van der Waals surface area contributed by atoms with Crippen molar-refractivity contribution in [2.45, 2.75) is 6.54 Å². The van der Waals surface area contributed by atoms with Crippen LogP contribution in [0.25, 0.3) is 0 Å². The lowest BCUT2D eigenvalue weighted by Gasteiger charge is -2.36. The van der Waals surface area contributed by atoms with Crippen LogP contribution < -0.4 is 16.4 Å². The second-order valence-electron chi connectivity index (χ2n) is 6.04. The molecule has 0 bridgehead atoms. The van der Waals surface area contributed by atoms with E-state index in [9.17, 15) is 4.79 Å². The van der Waals surface area contributed by atoms with Gasteiger partial charge in [-0.1, -0.05) is 17.7 Å². The van der Waals surface area contributed by atoms with Crippen LogP contribution in [-0.2, 0) is 6.54 Å².